The molecule has 1 aliphatic heterocycles. The number of hydrogen-bond donors (Lipinski definition) is 1. The molecular formula is C25H27NO4. The lowest BCUT2D eigenvalue weighted by molar-refractivity contribution is 0.0525. The van der Waals surface area contributed by atoms with Crippen LogP contribution in [0.25, 0.3) is 0 Å². The summed E-state index contributed by atoms with van der Waals surface area (Å²) in [7, 11) is 1.40. The highest BCUT2D eigenvalue weighted by molar-refractivity contribution is 5.97. The van der Waals surface area contributed by atoms with Crippen molar-refractivity contribution in [2.45, 2.75) is 38.1 Å². The Bertz CT molecular complexity index is 983. The summed E-state index contributed by atoms with van der Waals surface area (Å²) in [5.74, 6) is 1.72. The lowest BCUT2D eigenvalue weighted by Crippen LogP contribution is -2.36. The van der Waals surface area contributed by atoms with E-state index < -0.39 is 0 Å². The predicted octanol–water partition coefficient (Wildman–Crippen LogP) is 4.95. The SMILES string of the molecule is CCOC(=O)c1cccc2c1N[C@H](c1ccc(C(=O)OC)cc1)[C@@H]1[C@H]3CC[C@@H](C3)[C@@H]21. The molecule has 5 rings (SSSR count). The molecule has 156 valence electrons. The molecule has 2 aromatic carbocycles. The Morgan fingerprint density at radius 3 is 2.53 bits per heavy atom. The number of anilines is 1. The number of nitrogens with one attached hydrogen (secondary N) is 1. The third-order valence-corrected chi connectivity index (χ3v) is 7.31. The molecule has 0 unspecified atom stereocenters. The zero-order valence-electron chi connectivity index (χ0n) is 17.4. The molecule has 1 N–H and O–H groups in total. The molecule has 2 aliphatic carbocycles. The molecule has 0 saturated heterocycles. The molecule has 0 radical (unpaired) electrons. The van der Waals surface area contributed by atoms with Gasteiger partial charge in [-0.25, -0.2) is 9.59 Å². The summed E-state index contributed by atoms with van der Waals surface area (Å²) in [4.78, 5) is 24.5. The Kier molecular flexibility index (Phi) is 4.76. The number of carbonyl (C=O) groups excluding carboxylic acids is 2. The first kappa shape index (κ1) is 19.2. The molecule has 2 saturated carbocycles. The summed E-state index contributed by atoms with van der Waals surface area (Å²) in [6, 6.07) is 13.8. The molecule has 2 aromatic rings. The number of esters is 2. The van der Waals surface area contributed by atoms with Crippen LogP contribution in [0.5, 0.6) is 0 Å². The van der Waals surface area contributed by atoms with Crippen molar-refractivity contribution in [2.75, 3.05) is 19.0 Å². The maximum absolute atomic E-state index is 12.7. The topological polar surface area (TPSA) is 64.6 Å². The second-order valence-corrected chi connectivity index (χ2v) is 8.66. The van der Waals surface area contributed by atoms with Crippen molar-refractivity contribution < 1.29 is 19.1 Å². The fourth-order valence-corrected chi connectivity index (χ4v) is 6.17. The van der Waals surface area contributed by atoms with Gasteiger partial charge in [-0.3, -0.25) is 0 Å². The van der Waals surface area contributed by atoms with Gasteiger partial charge in [0, 0.05) is 0 Å². The molecule has 1 heterocycles. The zero-order valence-corrected chi connectivity index (χ0v) is 17.4. The molecular weight excluding hydrogens is 378 g/mol. The van der Waals surface area contributed by atoms with Crippen molar-refractivity contribution in [1.82, 2.24) is 0 Å². The lowest BCUT2D eigenvalue weighted by Gasteiger charge is -2.44. The first-order valence-electron chi connectivity index (χ1n) is 10.9. The van der Waals surface area contributed by atoms with Gasteiger partial charge in [-0.1, -0.05) is 24.3 Å². The summed E-state index contributed by atoms with van der Waals surface area (Å²) in [6.45, 7) is 2.19. The smallest absolute Gasteiger partial charge is 0.340 e. The molecule has 30 heavy (non-hydrogen) atoms. The van der Waals surface area contributed by atoms with Gasteiger partial charge in [0.25, 0.3) is 0 Å². The van der Waals surface area contributed by atoms with Gasteiger partial charge in [-0.15, -0.1) is 0 Å². The predicted molar refractivity (Wildman–Crippen MR) is 114 cm³/mol. The Labute approximate surface area is 176 Å². The number of hydrogen-bond acceptors (Lipinski definition) is 5. The quantitative estimate of drug-likeness (QED) is 0.730. The Hall–Kier alpha value is -2.82. The van der Waals surface area contributed by atoms with Crippen LogP contribution in [0.15, 0.2) is 42.5 Å². The maximum Gasteiger partial charge on any atom is 0.340 e. The van der Waals surface area contributed by atoms with Gasteiger partial charge in [0.1, 0.15) is 0 Å². The fraction of sp³-hybridized carbons (Fsp3) is 0.440. The molecule has 5 atom stereocenters. The van der Waals surface area contributed by atoms with E-state index in [0.717, 1.165) is 11.3 Å². The molecule has 5 heteroatoms. The van der Waals surface area contributed by atoms with Crippen molar-refractivity contribution in [1.29, 1.82) is 0 Å². The number of ether oxygens (including phenoxy) is 2. The molecule has 0 spiro atoms. The lowest BCUT2D eigenvalue weighted by atomic mass is 9.67. The van der Waals surface area contributed by atoms with Gasteiger partial charge in [-0.05, 0) is 79.2 Å². The average molecular weight is 405 g/mol. The highest BCUT2D eigenvalue weighted by Crippen LogP contribution is 2.64. The van der Waals surface area contributed by atoms with E-state index in [1.807, 2.05) is 43.3 Å². The maximum atomic E-state index is 12.7. The van der Waals surface area contributed by atoms with Gasteiger partial charge < -0.3 is 14.8 Å². The van der Waals surface area contributed by atoms with E-state index in [1.165, 1.54) is 31.9 Å². The van der Waals surface area contributed by atoms with Crippen LogP contribution in [0.1, 0.15) is 70.0 Å². The van der Waals surface area contributed by atoms with Gasteiger partial charge in [0.2, 0.25) is 0 Å². The van der Waals surface area contributed by atoms with Crippen LogP contribution in [0.3, 0.4) is 0 Å². The van der Waals surface area contributed by atoms with E-state index in [-0.39, 0.29) is 18.0 Å². The van der Waals surface area contributed by atoms with E-state index in [0.29, 0.717) is 41.4 Å². The number of rotatable bonds is 4. The molecule has 2 bridgehead atoms. The third-order valence-electron chi connectivity index (χ3n) is 7.31. The summed E-state index contributed by atoms with van der Waals surface area (Å²) in [6.07, 6.45) is 3.80. The number of fused-ring (bicyclic) bond motifs is 7. The van der Waals surface area contributed by atoms with Crippen LogP contribution in [-0.4, -0.2) is 25.7 Å². The number of benzene rings is 2. The first-order valence-corrected chi connectivity index (χ1v) is 10.9. The van der Waals surface area contributed by atoms with E-state index in [4.69, 9.17) is 9.47 Å². The largest absolute Gasteiger partial charge is 0.465 e. The second-order valence-electron chi connectivity index (χ2n) is 8.66. The Balaban J connectivity index is 1.57. The molecule has 0 aromatic heterocycles. The van der Waals surface area contributed by atoms with Crippen LogP contribution >= 0.6 is 0 Å². The van der Waals surface area contributed by atoms with Crippen molar-refractivity contribution in [3.8, 4) is 0 Å². The standard InChI is InChI=1S/C25H27NO4/c1-3-30-25(28)19-6-4-5-18-20-16-11-12-17(13-16)21(20)22(26-23(18)19)14-7-9-15(10-8-14)24(27)29-2/h4-10,16-17,20-22,26H,3,11-13H2,1-2H3/t16-,17-,20-,21+,22+/m0/s1. The monoisotopic (exact) mass is 405 g/mol. The first-order chi connectivity index (χ1) is 14.6. The van der Waals surface area contributed by atoms with Crippen molar-refractivity contribution in [3.05, 3.63) is 64.7 Å². The minimum Gasteiger partial charge on any atom is -0.465 e. The Morgan fingerprint density at radius 1 is 1.03 bits per heavy atom. The van der Waals surface area contributed by atoms with E-state index in [9.17, 15) is 9.59 Å². The average Bonchev–Trinajstić information content (AvgIpc) is 3.40. The molecule has 5 nitrogen and oxygen atoms in total. The van der Waals surface area contributed by atoms with Gasteiger partial charge in [0.05, 0.1) is 36.6 Å². The van der Waals surface area contributed by atoms with Crippen LogP contribution in [0.2, 0.25) is 0 Å². The second kappa shape index (κ2) is 7.46. The van der Waals surface area contributed by atoms with E-state index >= 15 is 0 Å². The summed E-state index contributed by atoms with van der Waals surface area (Å²) < 4.78 is 10.2. The van der Waals surface area contributed by atoms with Gasteiger partial charge in [0.15, 0.2) is 0 Å². The highest BCUT2D eigenvalue weighted by atomic mass is 16.5. The summed E-state index contributed by atoms with van der Waals surface area (Å²) in [5, 5.41) is 3.72. The zero-order chi connectivity index (χ0) is 20.8. The minimum absolute atomic E-state index is 0.111. The van der Waals surface area contributed by atoms with Crippen LogP contribution in [0, 0.1) is 17.8 Å². The molecule has 2 fully saturated rings. The summed E-state index contributed by atoms with van der Waals surface area (Å²) in [5.41, 5.74) is 4.50. The van der Waals surface area contributed by atoms with Crippen LogP contribution in [-0.2, 0) is 9.47 Å². The van der Waals surface area contributed by atoms with Crippen LogP contribution in [0.4, 0.5) is 5.69 Å². The molecule has 3 aliphatic rings. The Morgan fingerprint density at radius 2 is 1.80 bits per heavy atom. The number of para-hydroxylation sites is 1. The van der Waals surface area contributed by atoms with Crippen LogP contribution < -0.4 is 5.32 Å². The van der Waals surface area contributed by atoms with Crippen molar-refractivity contribution in [2.24, 2.45) is 17.8 Å². The minimum atomic E-state index is -0.328. The van der Waals surface area contributed by atoms with E-state index in [2.05, 4.69) is 11.4 Å². The molecule has 0 amide bonds. The van der Waals surface area contributed by atoms with Gasteiger partial charge in [-0.2, -0.15) is 0 Å². The van der Waals surface area contributed by atoms with Crippen molar-refractivity contribution in [3.63, 3.8) is 0 Å². The summed E-state index contributed by atoms with van der Waals surface area (Å²) >= 11 is 0. The number of methoxy groups -OCH3 is 1. The fourth-order valence-electron chi connectivity index (χ4n) is 6.17. The highest BCUT2D eigenvalue weighted by Gasteiger charge is 2.54. The van der Waals surface area contributed by atoms with E-state index in [1.54, 1.807) is 0 Å². The number of carbonyl (C=O) groups is 2. The normalized spacial score (nSPS) is 28.3. The van der Waals surface area contributed by atoms with Gasteiger partial charge >= 0.3 is 11.9 Å². The van der Waals surface area contributed by atoms with Crippen molar-refractivity contribution >= 4 is 17.6 Å². The third kappa shape index (κ3) is 2.91.